The number of piperazine rings is 1. The van der Waals surface area contributed by atoms with Crippen LogP contribution in [0.15, 0.2) is 84.9 Å². The second kappa shape index (κ2) is 12.4. The van der Waals surface area contributed by atoms with Crippen molar-refractivity contribution in [3.8, 4) is 17.1 Å². The molecular formula is C32H38N4O2. The summed E-state index contributed by atoms with van der Waals surface area (Å²) in [5.41, 5.74) is 5.38. The summed E-state index contributed by atoms with van der Waals surface area (Å²) in [5, 5.41) is 11.0. The monoisotopic (exact) mass is 510 g/mol. The molecule has 2 unspecified atom stereocenters. The number of benzene rings is 3. The number of rotatable bonds is 10. The molecule has 3 aromatic carbocycles. The largest absolute Gasteiger partial charge is 0.497 e. The molecule has 6 heteroatoms. The van der Waals surface area contributed by atoms with Crippen LogP contribution in [0.2, 0.25) is 0 Å². The molecule has 1 fully saturated rings. The summed E-state index contributed by atoms with van der Waals surface area (Å²) in [6, 6.07) is 29.3. The highest BCUT2D eigenvalue weighted by Gasteiger charge is 2.24. The standard InChI is InChI=1S/C32H38N4O2/c1-24-31(34-32(33-24)27-11-7-4-8-12-27)30(37)23-36-21-19-35(20-22-36)18-17-29(25-9-5-3-6-10-25)26-13-15-28(38-2)16-14-26/h3-16,29-30,37H,17-23H2,1-2H3,(H,33,34). The zero-order valence-corrected chi connectivity index (χ0v) is 22.4. The van der Waals surface area contributed by atoms with Crippen molar-refractivity contribution in [1.29, 1.82) is 0 Å². The molecule has 1 aliphatic rings. The summed E-state index contributed by atoms with van der Waals surface area (Å²) in [6.45, 7) is 7.54. The number of methoxy groups -OCH3 is 1. The van der Waals surface area contributed by atoms with Gasteiger partial charge in [-0.3, -0.25) is 4.90 Å². The Morgan fingerprint density at radius 2 is 1.45 bits per heavy atom. The number of ether oxygens (including phenoxy) is 1. The number of aryl methyl sites for hydroxylation is 1. The summed E-state index contributed by atoms with van der Waals surface area (Å²) >= 11 is 0. The number of aliphatic hydroxyl groups excluding tert-OH is 1. The van der Waals surface area contributed by atoms with E-state index in [1.807, 2.05) is 37.3 Å². The first-order valence-electron chi connectivity index (χ1n) is 13.5. The van der Waals surface area contributed by atoms with Crippen molar-refractivity contribution in [2.45, 2.75) is 25.4 Å². The quantitative estimate of drug-likeness (QED) is 0.304. The zero-order valence-electron chi connectivity index (χ0n) is 22.4. The number of aromatic nitrogens is 2. The van der Waals surface area contributed by atoms with Crippen LogP contribution in [0, 0.1) is 6.92 Å². The van der Waals surface area contributed by atoms with E-state index >= 15 is 0 Å². The average Bonchev–Trinajstić information content (AvgIpc) is 3.37. The lowest BCUT2D eigenvalue weighted by Crippen LogP contribution is -2.47. The lowest BCUT2D eigenvalue weighted by atomic mass is 9.88. The van der Waals surface area contributed by atoms with Gasteiger partial charge in [-0.25, -0.2) is 4.98 Å². The van der Waals surface area contributed by atoms with Crippen LogP contribution < -0.4 is 4.74 Å². The predicted octanol–water partition coefficient (Wildman–Crippen LogP) is 5.27. The maximum absolute atomic E-state index is 11.0. The minimum Gasteiger partial charge on any atom is -0.497 e. The Morgan fingerprint density at radius 1 is 0.842 bits per heavy atom. The molecule has 0 radical (unpaired) electrons. The average molecular weight is 511 g/mol. The minimum atomic E-state index is -0.604. The molecule has 0 amide bonds. The van der Waals surface area contributed by atoms with Gasteiger partial charge in [0.05, 0.1) is 12.8 Å². The highest BCUT2D eigenvalue weighted by molar-refractivity contribution is 5.55. The van der Waals surface area contributed by atoms with Crippen LogP contribution >= 0.6 is 0 Å². The highest BCUT2D eigenvalue weighted by Crippen LogP contribution is 2.30. The lowest BCUT2D eigenvalue weighted by Gasteiger charge is -2.36. The summed E-state index contributed by atoms with van der Waals surface area (Å²) in [7, 11) is 1.71. The molecule has 0 bridgehead atoms. The molecule has 0 saturated carbocycles. The number of aliphatic hydroxyl groups is 1. The molecule has 1 saturated heterocycles. The van der Waals surface area contributed by atoms with Gasteiger partial charge in [0.15, 0.2) is 0 Å². The molecule has 198 valence electrons. The van der Waals surface area contributed by atoms with Gasteiger partial charge < -0.3 is 19.7 Å². The number of hydrogen-bond donors (Lipinski definition) is 2. The van der Waals surface area contributed by atoms with E-state index < -0.39 is 6.10 Å². The van der Waals surface area contributed by atoms with Gasteiger partial charge in [-0.05, 0) is 43.1 Å². The maximum atomic E-state index is 11.0. The molecule has 38 heavy (non-hydrogen) atoms. The Balaban J connectivity index is 1.15. The van der Waals surface area contributed by atoms with Crippen molar-refractivity contribution in [3.05, 3.63) is 107 Å². The molecule has 4 aromatic rings. The van der Waals surface area contributed by atoms with Crippen LogP contribution in [0.3, 0.4) is 0 Å². The molecule has 0 aliphatic carbocycles. The Hall–Kier alpha value is -3.45. The third kappa shape index (κ3) is 6.33. The molecule has 1 aliphatic heterocycles. The predicted molar refractivity (Wildman–Crippen MR) is 152 cm³/mol. The Labute approximate surface area is 225 Å². The molecule has 1 aromatic heterocycles. The number of aromatic amines is 1. The second-order valence-corrected chi connectivity index (χ2v) is 10.1. The molecule has 2 N–H and O–H groups in total. The van der Waals surface area contributed by atoms with Gasteiger partial charge in [0.2, 0.25) is 0 Å². The van der Waals surface area contributed by atoms with Gasteiger partial charge in [0, 0.05) is 49.9 Å². The van der Waals surface area contributed by atoms with E-state index in [0.29, 0.717) is 12.5 Å². The smallest absolute Gasteiger partial charge is 0.137 e. The zero-order chi connectivity index (χ0) is 26.3. The Bertz CT molecular complexity index is 1270. The van der Waals surface area contributed by atoms with Gasteiger partial charge in [-0.15, -0.1) is 0 Å². The minimum absolute atomic E-state index is 0.350. The number of imidazole rings is 1. The number of hydrogen-bond acceptors (Lipinski definition) is 5. The fourth-order valence-electron chi connectivity index (χ4n) is 5.42. The normalized spacial score (nSPS) is 16.3. The molecular weight excluding hydrogens is 472 g/mol. The third-order valence-electron chi connectivity index (χ3n) is 7.64. The highest BCUT2D eigenvalue weighted by atomic mass is 16.5. The fourth-order valence-corrected chi connectivity index (χ4v) is 5.42. The number of nitrogens with one attached hydrogen (secondary N) is 1. The SMILES string of the molecule is COc1ccc(C(CCN2CCN(CC(O)c3nc(-c4ccccc4)[nH]c3C)CC2)c2ccccc2)cc1. The van der Waals surface area contributed by atoms with Gasteiger partial charge in [0.1, 0.15) is 17.7 Å². The first-order chi connectivity index (χ1) is 18.6. The molecule has 2 heterocycles. The van der Waals surface area contributed by atoms with Crippen LogP contribution in [-0.4, -0.2) is 71.3 Å². The van der Waals surface area contributed by atoms with Crippen LogP contribution in [0.1, 0.15) is 41.0 Å². The maximum Gasteiger partial charge on any atom is 0.137 e. The van der Waals surface area contributed by atoms with Crippen molar-refractivity contribution >= 4 is 0 Å². The van der Waals surface area contributed by atoms with Gasteiger partial charge >= 0.3 is 0 Å². The van der Waals surface area contributed by atoms with Gasteiger partial charge in [0.25, 0.3) is 0 Å². The number of nitrogens with zero attached hydrogens (tertiary/aromatic N) is 3. The van der Waals surface area contributed by atoms with E-state index in [9.17, 15) is 5.11 Å². The molecule has 5 rings (SSSR count). The topological polar surface area (TPSA) is 64.6 Å². The van der Waals surface area contributed by atoms with Gasteiger partial charge in [-0.1, -0.05) is 72.8 Å². The van der Waals surface area contributed by atoms with Crippen molar-refractivity contribution in [2.75, 3.05) is 46.4 Å². The Kier molecular flexibility index (Phi) is 8.54. The van der Waals surface area contributed by atoms with Crippen molar-refractivity contribution in [3.63, 3.8) is 0 Å². The van der Waals surface area contributed by atoms with Crippen molar-refractivity contribution in [1.82, 2.24) is 19.8 Å². The van der Waals surface area contributed by atoms with E-state index in [-0.39, 0.29) is 0 Å². The fraction of sp³-hybridized carbons (Fsp3) is 0.344. The van der Waals surface area contributed by atoms with Crippen molar-refractivity contribution in [2.24, 2.45) is 0 Å². The number of H-pyrrole nitrogens is 1. The van der Waals surface area contributed by atoms with E-state index in [4.69, 9.17) is 9.72 Å². The van der Waals surface area contributed by atoms with Crippen LogP contribution in [-0.2, 0) is 0 Å². The second-order valence-electron chi connectivity index (χ2n) is 10.1. The summed E-state index contributed by atoms with van der Waals surface area (Å²) in [6.07, 6.45) is 0.459. The van der Waals surface area contributed by atoms with E-state index in [2.05, 4.69) is 69.4 Å². The molecule has 6 nitrogen and oxygen atoms in total. The van der Waals surface area contributed by atoms with Gasteiger partial charge in [-0.2, -0.15) is 0 Å². The number of β-amino-alcohol motifs (C(OH)–C–C–N with tert-alkyl or cyclic N) is 1. The summed E-state index contributed by atoms with van der Waals surface area (Å²) in [4.78, 5) is 13.0. The van der Waals surface area contributed by atoms with E-state index in [0.717, 1.165) is 67.7 Å². The van der Waals surface area contributed by atoms with E-state index in [1.165, 1.54) is 11.1 Å². The summed E-state index contributed by atoms with van der Waals surface area (Å²) < 4.78 is 5.37. The van der Waals surface area contributed by atoms with Crippen LogP contribution in [0.4, 0.5) is 0 Å². The summed E-state index contributed by atoms with van der Waals surface area (Å²) in [5.74, 6) is 2.05. The first-order valence-corrected chi connectivity index (χ1v) is 13.5. The van der Waals surface area contributed by atoms with E-state index in [1.54, 1.807) is 7.11 Å². The van der Waals surface area contributed by atoms with Crippen LogP contribution in [0.25, 0.3) is 11.4 Å². The Morgan fingerprint density at radius 3 is 2.11 bits per heavy atom. The molecule has 2 atom stereocenters. The first kappa shape index (κ1) is 26.2. The third-order valence-corrected chi connectivity index (χ3v) is 7.64. The van der Waals surface area contributed by atoms with Crippen molar-refractivity contribution < 1.29 is 9.84 Å². The lowest BCUT2D eigenvalue weighted by molar-refractivity contribution is 0.0699. The van der Waals surface area contributed by atoms with Crippen LogP contribution in [0.5, 0.6) is 5.75 Å². The molecule has 0 spiro atoms.